The molecule has 0 aliphatic heterocycles. The first kappa shape index (κ1) is 23.5. The van der Waals surface area contributed by atoms with Crippen molar-refractivity contribution in [2.75, 3.05) is 5.32 Å². The highest BCUT2D eigenvalue weighted by Crippen LogP contribution is 2.31. The van der Waals surface area contributed by atoms with Crippen LogP contribution < -0.4 is 16.2 Å². The Morgan fingerprint density at radius 3 is 2.42 bits per heavy atom. The Kier molecular flexibility index (Phi) is 6.81. The van der Waals surface area contributed by atoms with Gasteiger partial charge in [-0.25, -0.2) is 9.18 Å². The summed E-state index contributed by atoms with van der Waals surface area (Å²) < 4.78 is 15.7. The van der Waals surface area contributed by atoms with Gasteiger partial charge in [0.1, 0.15) is 11.6 Å². The molecular weight excluding hydrogens is 429 g/mol. The summed E-state index contributed by atoms with van der Waals surface area (Å²) in [5, 5.41) is 24.0. The van der Waals surface area contributed by atoms with Crippen LogP contribution in [-0.2, 0) is 11.8 Å². The molecule has 0 saturated carbocycles. The van der Waals surface area contributed by atoms with Gasteiger partial charge in [0.25, 0.3) is 5.56 Å². The summed E-state index contributed by atoms with van der Waals surface area (Å²) >= 11 is 0. The van der Waals surface area contributed by atoms with Crippen LogP contribution in [0.15, 0.2) is 53.5 Å². The largest absolute Gasteiger partial charge is 0.505 e. The van der Waals surface area contributed by atoms with Gasteiger partial charge in [0.05, 0.1) is 12.5 Å². The lowest BCUT2D eigenvalue weighted by molar-refractivity contribution is -0.137. The number of aliphatic carboxylic acids is 1. The third kappa shape index (κ3) is 5.38. The second-order valence-electron chi connectivity index (χ2n) is 7.78. The zero-order valence-electron chi connectivity index (χ0n) is 18.3. The number of benzene rings is 2. The molecule has 0 spiro atoms. The van der Waals surface area contributed by atoms with E-state index in [0.717, 1.165) is 27.3 Å². The Hall–Kier alpha value is -4.14. The van der Waals surface area contributed by atoms with E-state index in [1.165, 1.54) is 25.4 Å². The quantitative estimate of drug-likeness (QED) is 0.452. The number of nitrogens with one attached hydrogen (secondary N) is 2. The Balaban J connectivity index is 1.96. The minimum absolute atomic E-state index is 0.246. The number of hydrogen-bond acceptors (Lipinski definition) is 4. The van der Waals surface area contributed by atoms with E-state index >= 15 is 0 Å². The maximum atomic E-state index is 14.6. The zero-order chi connectivity index (χ0) is 24.3. The summed E-state index contributed by atoms with van der Waals surface area (Å²) in [4.78, 5) is 36.2. The van der Waals surface area contributed by atoms with Crippen LogP contribution in [0.1, 0.15) is 29.2 Å². The number of hydrogen-bond donors (Lipinski definition) is 4. The van der Waals surface area contributed by atoms with Crippen molar-refractivity contribution >= 4 is 17.7 Å². The fourth-order valence-corrected chi connectivity index (χ4v) is 3.70. The molecule has 0 radical (unpaired) electrons. The second kappa shape index (κ2) is 9.56. The Morgan fingerprint density at radius 1 is 1.12 bits per heavy atom. The third-order valence-corrected chi connectivity index (χ3v) is 5.26. The summed E-state index contributed by atoms with van der Waals surface area (Å²) in [5.74, 6) is -2.24. The molecule has 33 heavy (non-hydrogen) atoms. The number of aryl methyl sites for hydroxylation is 3. The van der Waals surface area contributed by atoms with Gasteiger partial charge in [-0.1, -0.05) is 18.2 Å². The Bertz CT molecular complexity index is 1270. The summed E-state index contributed by atoms with van der Waals surface area (Å²) in [5.41, 5.74) is 2.44. The van der Waals surface area contributed by atoms with E-state index in [2.05, 4.69) is 10.6 Å². The summed E-state index contributed by atoms with van der Waals surface area (Å²) in [6.45, 7) is 3.78. The van der Waals surface area contributed by atoms with E-state index in [1.807, 2.05) is 32.0 Å². The van der Waals surface area contributed by atoms with E-state index in [1.54, 1.807) is 6.07 Å². The molecule has 0 saturated heterocycles. The molecule has 1 atom stereocenters. The van der Waals surface area contributed by atoms with Crippen LogP contribution in [0.5, 0.6) is 5.75 Å². The van der Waals surface area contributed by atoms with Crippen molar-refractivity contribution < 1.29 is 24.2 Å². The molecule has 1 aromatic heterocycles. The first-order valence-electron chi connectivity index (χ1n) is 10.1. The maximum Gasteiger partial charge on any atom is 0.319 e. The molecular formula is C24H24FN3O5. The highest BCUT2D eigenvalue weighted by atomic mass is 19.1. The average Bonchev–Trinajstić information content (AvgIpc) is 2.73. The average molecular weight is 453 g/mol. The van der Waals surface area contributed by atoms with Gasteiger partial charge in [0, 0.05) is 13.2 Å². The molecule has 0 fully saturated rings. The lowest BCUT2D eigenvalue weighted by Crippen LogP contribution is -2.36. The summed E-state index contributed by atoms with van der Waals surface area (Å²) in [6.07, 6.45) is 0.803. The van der Waals surface area contributed by atoms with E-state index in [9.17, 15) is 29.0 Å². The predicted octanol–water partition coefficient (Wildman–Crippen LogP) is 3.85. The topological polar surface area (TPSA) is 121 Å². The summed E-state index contributed by atoms with van der Waals surface area (Å²) in [6, 6.07) is 9.01. The first-order valence-corrected chi connectivity index (χ1v) is 10.1. The molecule has 1 unspecified atom stereocenters. The van der Waals surface area contributed by atoms with Gasteiger partial charge in [-0.15, -0.1) is 0 Å². The number of amides is 2. The molecule has 4 N–H and O–H groups in total. The molecule has 0 aliphatic carbocycles. The maximum absolute atomic E-state index is 14.6. The summed E-state index contributed by atoms with van der Waals surface area (Å²) in [7, 11) is 1.44. The number of anilines is 1. The zero-order valence-corrected chi connectivity index (χ0v) is 18.3. The van der Waals surface area contributed by atoms with Crippen molar-refractivity contribution in [1.82, 2.24) is 9.88 Å². The van der Waals surface area contributed by atoms with Crippen LogP contribution in [0, 0.1) is 19.7 Å². The molecule has 8 nitrogen and oxygen atoms in total. The highest BCUT2D eigenvalue weighted by molar-refractivity contribution is 5.91. The SMILES string of the molecule is Cc1cccc(C)c1-c1cc(F)cc(C(CC(=O)O)NC(=O)Nc2c(O)ccn(C)c2=O)c1. The third-order valence-electron chi connectivity index (χ3n) is 5.26. The molecule has 0 bridgehead atoms. The molecule has 3 aromatic rings. The molecule has 172 valence electrons. The van der Waals surface area contributed by atoms with Gasteiger partial charge in [-0.05, 0) is 65.9 Å². The number of rotatable bonds is 6. The van der Waals surface area contributed by atoms with Crippen molar-refractivity contribution in [1.29, 1.82) is 0 Å². The van der Waals surface area contributed by atoms with E-state index in [4.69, 9.17) is 0 Å². The number of pyridine rings is 1. The number of urea groups is 1. The number of aromatic hydroxyl groups is 1. The van der Waals surface area contributed by atoms with Gasteiger partial charge in [0.15, 0.2) is 5.69 Å². The number of carboxylic acid groups (broad SMARTS) is 1. The van der Waals surface area contributed by atoms with E-state index < -0.39 is 41.6 Å². The van der Waals surface area contributed by atoms with Gasteiger partial charge in [0.2, 0.25) is 0 Å². The van der Waals surface area contributed by atoms with Crippen molar-refractivity contribution in [2.45, 2.75) is 26.3 Å². The van der Waals surface area contributed by atoms with Crippen molar-refractivity contribution in [3.8, 4) is 16.9 Å². The van der Waals surface area contributed by atoms with Gasteiger partial charge in [-0.3, -0.25) is 9.59 Å². The number of nitrogens with zero attached hydrogens (tertiary/aromatic N) is 1. The van der Waals surface area contributed by atoms with Gasteiger partial charge >= 0.3 is 12.0 Å². The van der Waals surface area contributed by atoms with Crippen LogP contribution in [-0.4, -0.2) is 26.8 Å². The minimum atomic E-state index is -1.21. The normalized spacial score (nSPS) is 11.6. The van der Waals surface area contributed by atoms with Crippen molar-refractivity contribution in [2.24, 2.45) is 7.05 Å². The molecule has 1 heterocycles. The number of aromatic nitrogens is 1. The van der Waals surface area contributed by atoms with Crippen LogP contribution >= 0.6 is 0 Å². The number of carboxylic acids is 1. The molecule has 9 heteroatoms. The first-order chi connectivity index (χ1) is 15.6. The van der Waals surface area contributed by atoms with Gasteiger partial charge in [-0.2, -0.15) is 0 Å². The molecule has 3 rings (SSSR count). The highest BCUT2D eigenvalue weighted by Gasteiger charge is 2.22. The molecule has 0 aliphatic rings. The predicted molar refractivity (Wildman–Crippen MR) is 122 cm³/mol. The van der Waals surface area contributed by atoms with Crippen molar-refractivity contribution in [3.05, 3.63) is 81.5 Å². The second-order valence-corrected chi connectivity index (χ2v) is 7.78. The van der Waals surface area contributed by atoms with Crippen LogP contribution in [0.3, 0.4) is 0 Å². The lowest BCUT2D eigenvalue weighted by Gasteiger charge is -2.20. The monoisotopic (exact) mass is 453 g/mol. The lowest BCUT2D eigenvalue weighted by atomic mass is 9.92. The Morgan fingerprint density at radius 2 is 1.79 bits per heavy atom. The number of carbonyl (C=O) groups excluding carboxylic acids is 1. The fourth-order valence-electron chi connectivity index (χ4n) is 3.70. The minimum Gasteiger partial charge on any atom is -0.505 e. The van der Waals surface area contributed by atoms with E-state index in [-0.39, 0.29) is 11.3 Å². The van der Waals surface area contributed by atoms with Crippen LogP contribution in [0.25, 0.3) is 11.1 Å². The Labute approximate surface area is 189 Å². The number of halogens is 1. The standard InChI is InChI=1S/C24H24FN3O5/c1-13-5-4-6-14(2)21(13)16-9-15(10-17(25)11-16)18(12-20(30)31)26-24(33)27-22-19(29)7-8-28(3)23(22)32/h4-11,18,29H,12H2,1-3H3,(H,30,31)(H2,26,27,33). The fraction of sp³-hybridized carbons (Fsp3) is 0.208. The molecule has 2 amide bonds. The van der Waals surface area contributed by atoms with Crippen molar-refractivity contribution in [3.63, 3.8) is 0 Å². The van der Waals surface area contributed by atoms with Crippen LogP contribution in [0.2, 0.25) is 0 Å². The van der Waals surface area contributed by atoms with Crippen LogP contribution in [0.4, 0.5) is 14.9 Å². The molecule has 2 aromatic carbocycles. The number of carbonyl (C=O) groups is 2. The van der Waals surface area contributed by atoms with Gasteiger partial charge < -0.3 is 25.4 Å². The van der Waals surface area contributed by atoms with E-state index in [0.29, 0.717) is 5.56 Å². The smallest absolute Gasteiger partial charge is 0.319 e.